The molecule has 0 atom stereocenters. The lowest BCUT2D eigenvalue weighted by molar-refractivity contribution is 0.916. The molecule has 0 spiro atoms. The number of hydrogen-bond donors (Lipinski definition) is 0. The molecule has 41 heavy (non-hydrogen) atoms. The van der Waals surface area contributed by atoms with Crippen LogP contribution in [0.25, 0.3) is 65.9 Å². The monoisotopic (exact) mass is 524 g/mol. The number of para-hydroxylation sites is 2. The lowest BCUT2D eigenvalue weighted by Crippen LogP contribution is -2.05. The summed E-state index contributed by atoms with van der Waals surface area (Å²) in [7, 11) is 0. The molecule has 4 nitrogen and oxygen atoms in total. The van der Waals surface area contributed by atoms with E-state index in [-0.39, 0.29) is 0 Å². The van der Waals surface area contributed by atoms with Crippen molar-refractivity contribution in [2.75, 3.05) is 0 Å². The molecule has 8 rings (SSSR count). The van der Waals surface area contributed by atoms with Gasteiger partial charge < -0.3 is 0 Å². The highest BCUT2D eigenvalue weighted by Crippen LogP contribution is 2.31. The quantitative estimate of drug-likeness (QED) is 0.231. The largest absolute Gasteiger partial charge is 0.232 e. The Morgan fingerprint density at radius 2 is 0.780 bits per heavy atom. The first-order valence-electron chi connectivity index (χ1n) is 13.8. The Labute approximate surface area is 237 Å². The molecule has 0 aliphatic carbocycles. The molecular weight excluding hydrogens is 500 g/mol. The fourth-order valence-electron chi connectivity index (χ4n) is 5.66. The first kappa shape index (κ1) is 23.4. The minimum absolute atomic E-state index is 0.427. The van der Waals surface area contributed by atoms with Crippen molar-refractivity contribution in [2.24, 2.45) is 0 Å². The molecule has 6 aromatic carbocycles. The van der Waals surface area contributed by atoms with E-state index in [9.17, 15) is 0 Å². The van der Waals surface area contributed by atoms with Gasteiger partial charge in [0.1, 0.15) is 11.6 Å². The highest BCUT2D eigenvalue weighted by molar-refractivity contribution is 5.97. The van der Waals surface area contributed by atoms with Gasteiger partial charge in [0.05, 0.1) is 28.8 Å². The second-order valence-electron chi connectivity index (χ2n) is 10.3. The summed E-state index contributed by atoms with van der Waals surface area (Å²) in [4.78, 5) is 20.1. The van der Waals surface area contributed by atoms with E-state index in [1.807, 2.05) is 36.4 Å². The van der Waals surface area contributed by atoms with Crippen LogP contribution in [0.3, 0.4) is 0 Å². The summed E-state index contributed by atoms with van der Waals surface area (Å²) in [6.07, 6.45) is 0.427. The number of nitrogens with zero attached hydrogens (tertiary/aromatic N) is 4. The summed E-state index contributed by atoms with van der Waals surface area (Å²) >= 11 is 0. The normalized spacial score (nSPS) is 11.5. The Bertz CT molecular complexity index is 2090. The van der Waals surface area contributed by atoms with E-state index >= 15 is 0 Å². The smallest absolute Gasteiger partial charge is 0.137 e. The number of rotatable bonds is 4. The molecule has 0 aliphatic rings. The average Bonchev–Trinajstić information content (AvgIpc) is 3.03. The third-order valence-corrected chi connectivity index (χ3v) is 7.66. The van der Waals surface area contributed by atoms with Gasteiger partial charge in [0.2, 0.25) is 0 Å². The van der Waals surface area contributed by atoms with E-state index in [1.165, 1.54) is 21.5 Å². The Hall–Kier alpha value is -5.48. The van der Waals surface area contributed by atoms with Crippen LogP contribution < -0.4 is 0 Å². The van der Waals surface area contributed by atoms with Crippen molar-refractivity contribution in [1.29, 1.82) is 0 Å². The molecular formula is C37H24N4. The number of fused-ring (bicyclic) bond motifs is 4. The number of benzene rings is 6. The third-order valence-electron chi connectivity index (χ3n) is 7.66. The van der Waals surface area contributed by atoms with Gasteiger partial charge in [0.25, 0.3) is 0 Å². The molecule has 0 unspecified atom stereocenters. The fourth-order valence-corrected chi connectivity index (χ4v) is 5.66. The van der Waals surface area contributed by atoms with Crippen molar-refractivity contribution in [2.45, 2.75) is 6.42 Å². The summed E-state index contributed by atoms with van der Waals surface area (Å²) in [5.41, 5.74) is 5.81. The first-order valence-corrected chi connectivity index (χ1v) is 13.8. The average molecular weight is 525 g/mol. The van der Waals surface area contributed by atoms with Crippen molar-refractivity contribution in [1.82, 2.24) is 19.9 Å². The molecule has 2 aromatic heterocycles. The van der Waals surface area contributed by atoms with Crippen LogP contribution in [0.5, 0.6) is 0 Å². The summed E-state index contributed by atoms with van der Waals surface area (Å²) in [6.45, 7) is 0. The van der Waals surface area contributed by atoms with E-state index in [0.29, 0.717) is 18.1 Å². The molecule has 0 radical (unpaired) electrons. The molecule has 2 heterocycles. The van der Waals surface area contributed by atoms with Gasteiger partial charge in [0, 0.05) is 21.9 Å². The van der Waals surface area contributed by atoms with Crippen molar-refractivity contribution < 1.29 is 0 Å². The van der Waals surface area contributed by atoms with Crippen LogP contribution in [0, 0.1) is 0 Å². The first-order chi connectivity index (χ1) is 20.3. The predicted octanol–water partition coefficient (Wildman–Crippen LogP) is 8.80. The maximum Gasteiger partial charge on any atom is 0.137 e. The van der Waals surface area contributed by atoms with Crippen LogP contribution in [0.15, 0.2) is 133 Å². The van der Waals surface area contributed by atoms with Crippen LogP contribution in [0.2, 0.25) is 0 Å². The predicted molar refractivity (Wildman–Crippen MR) is 168 cm³/mol. The van der Waals surface area contributed by atoms with E-state index in [2.05, 4.69) is 97.1 Å². The molecule has 0 fully saturated rings. The van der Waals surface area contributed by atoms with E-state index in [1.54, 1.807) is 0 Å². The minimum atomic E-state index is 0.427. The highest BCUT2D eigenvalue weighted by atomic mass is 14.9. The summed E-state index contributed by atoms with van der Waals surface area (Å²) in [6, 6.07) is 46.2. The second-order valence-corrected chi connectivity index (χ2v) is 10.3. The summed E-state index contributed by atoms with van der Waals surface area (Å²) < 4.78 is 0. The Balaban J connectivity index is 1.27. The zero-order valence-corrected chi connectivity index (χ0v) is 22.2. The van der Waals surface area contributed by atoms with E-state index in [4.69, 9.17) is 19.9 Å². The third kappa shape index (κ3) is 4.26. The Kier molecular flexibility index (Phi) is 5.49. The lowest BCUT2D eigenvalue weighted by Gasteiger charge is -2.12. The lowest BCUT2D eigenvalue weighted by atomic mass is 10.0. The van der Waals surface area contributed by atoms with Crippen LogP contribution >= 0.6 is 0 Å². The molecule has 0 saturated heterocycles. The molecule has 0 N–H and O–H groups in total. The van der Waals surface area contributed by atoms with Gasteiger partial charge in [-0.05, 0) is 45.8 Å². The van der Waals surface area contributed by atoms with Crippen molar-refractivity contribution in [3.05, 3.63) is 145 Å². The Morgan fingerprint density at radius 3 is 1.27 bits per heavy atom. The van der Waals surface area contributed by atoms with Gasteiger partial charge in [-0.25, -0.2) is 19.9 Å². The zero-order valence-electron chi connectivity index (χ0n) is 22.2. The maximum absolute atomic E-state index is 5.11. The van der Waals surface area contributed by atoms with Gasteiger partial charge in [-0.1, -0.05) is 109 Å². The molecule has 8 aromatic rings. The molecule has 192 valence electrons. The molecule has 4 heteroatoms. The molecule has 0 bridgehead atoms. The van der Waals surface area contributed by atoms with Crippen molar-refractivity contribution in [3.63, 3.8) is 0 Å². The van der Waals surface area contributed by atoms with Gasteiger partial charge >= 0.3 is 0 Å². The van der Waals surface area contributed by atoms with Crippen LogP contribution in [-0.2, 0) is 6.42 Å². The van der Waals surface area contributed by atoms with E-state index in [0.717, 1.165) is 44.3 Å². The fraction of sp³-hybridized carbons (Fsp3) is 0.0270. The number of hydrogen-bond acceptors (Lipinski definition) is 4. The van der Waals surface area contributed by atoms with Crippen LogP contribution in [0.1, 0.15) is 11.6 Å². The zero-order chi connectivity index (χ0) is 27.2. The molecule has 0 saturated carbocycles. The number of aromatic nitrogens is 4. The molecule has 0 amide bonds. The van der Waals surface area contributed by atoms with Crippen molar-refractivity contribution >= 4 is 43.4 Å². The molecule has 0 aliphatic heterocycles. The topological polar surface area (TPSA) is 51.6 Å². The minimum Gasteiger partial charge on any atom is -0.232 e. The summed E-state index contributed by atoms with van der Waals surface area (Å²) in [5.74, 6) is 1.40. The highest BCUT2D eigenvalue weighted by Gasteiger charge is 2.15. The van der Waals surface area contributed by atoms with Gasteiger partial charge in [-0.15, -0.1) is 0 Å². The SMILES string of the molecule is c1ccc2cc(-c3nc(Cc4nc(-c5ccc6ccccc6c5)c5ccccc5n4)nc4ccccc34)ccc2c1. The van der Waals surface area contributed by atoms with Crippen LogP contribution in [-0.4, -0.2) is 19.9 Å². The second kappa shape index (κ2) is 9.61. The Morgan fingerprint density at radius 1 is 0.366 bits per heavy atom. The van der Waals surface area contributed by atoms with Gasteiger partial charge in [-0.2, -0.15) is 0 Å². The van der Waals surface area contributed by atoms with E-state index < -0.39 is 0 Å². The van der Waals surface area contributed by atoms with Crippen molar-refractivity contribution in [3.8, 4) is 22.5 Å². The standard InChI is InChI=1S/C37H24N4/c1-3-11-26-21-28(19-17-24(26)9-1)36-30-13-5-7-15-32(30)38-34(40-36)23-35-39-33-16-8-6-14-31(33)37(41-35)29-20-18-25-10-2-4-12-27(25)22-29/h1-22H,23H2. The summed E-state index contributed by atoms with van der Waals surface area (Å²) in [5, 5.41) is 6.85. The van der Waals surface area contributed by atoms with Gasteiger partial charge in [0.15, 0.2) is 0 Å². The van der Waals surface area contributed by atoms with Gasteiger partial charge in [-0.3, -0.25) is 0 Å². The maximum atomic E-state index is 5.11. The van der Waals surface area contributed by atoms with Crippen LogP contribution in [0.4, 0.5) is 0 Å².